The minimum absolute atomic E-state index is 0.0217. The molecule has 0 radical (unpaired) electrons. The van der Waals surface area contributed by atoms with E-state index in [1.807, 2.05) is 29.0 Å². The Kier molecular flexibility index (Phi) is 4.84. The number of nitrogens with zero attached hydrogens (tertiary/aromatic N) is 2. The molecule has 1 unspecified atom stereocenters. The summed E-state index contributed by atoms with van der Waals surface area (Å²) in [4.78, 5) is 16.9. The highest BCUT2D eigenvalue weighted by Gasteiger charge is 2.24. The topological polar surface area (TPSA) is 60.1 Å². The lowest BCUT2D eigenvalue weighted by Crippen LogP contribution is -2.31. The van der Waals surface area contributed by atoms with E-state index in [-0.39, 0.29) is 11.9 Å². The van der Waals surface area contributed by atoms with E-state index in [0.717, 1.165) is 41.4 Å². The summed E-state index contributed by atoms with van der Waals surface area (Å²) in [7, 11) is 0. The maximum atomic E-state index is 12.5. The highest BCUT2D eigenvalue weighted by Crippen LogP contribution is 2.30. The summed E-state index contributed by atoms with van der Waals surface area (Å²) in [5.74, 6) is 1.37. The number of furan rings is 1. The first-order valence-electron chi connectivity index (χ1n) is 8.80. The number of amides is 1. The van der Waals surface area contributed by atoms with E-state index in [0.29, 0.717) is 5.75 Å². The molecular weight excluding hydrogens is 346 g/mol. The van der Waals surface area contributed by atoms with E-state index < -0.39 is 0 Å². The normalized spacial score (nSPS) is 16.3. The van der Waals surface area contributed by atoms with Gasteiger partial charge in [0.2, 0.25) is 5.91 Å². The zero-order valence-corrected chi connectivity index (χ0v) is 15.5. The lowest BCUT2D eigenvalue weighted by atomic mass is 9.93. The molecule has 0 bridgehead atoms. The maximum absolute atomic E-state index is 12.5. The van der Waals surface area contributed by atoms with Crippen LogP contribution >= 0.6 is 11.8 Å². The molecule has 0 spiro atoms. The van der Waals surface area contributed by atoms with Crippen molar-refractivity contribution in [3.05, 3.63) is 65.9 Å². The Morgan fingerprint density at radius 3 is 3.15 bits per heavy atom. The highest BCUT2D eigenvalue weighted by atomic mass is 32.2. The smallest absolute Gasteiger partial charge is 0.230 e. The predicted molar refractivity (Wildman–Crippen MR) is 102 cm³/mol. The van der Waals surface area contributed by atoms with Crippen molar-refractivity contribution in [2.45, 2.75) is 37.4 Å². The first-order chi connectivity index (χ1) is 12.7. The predicted octanol–water partition coefficient (Wildman–Crippen LogP) is 4.06. The fourth-order valence-electron chi connectivity index (χ4n) is 3.42. The SMILES string of the molecule is Cc1ccccc1-n1ccnc1SCC(=O)NC1CCCc2occc21. The van der Waals surface area contributed by atoms with Gasteiger partial charge in [-0.25, -0.2) is 4.98 Å². The fourth-order valence-corrected chi connectivity index (χ4v) is 4.19. The molecule has 6 heteroatoms. The number of imidazole rings is 1. The van der Waals surface area contributed by atoms with E-state index in [4.69, 9.17) is 4.42 Å². The van der Waals surface area contributed by atoms with Crippen molar-refractivity contribution in [1.29, 1.82) is 0 Å². The zero-order chi connectivity index (χ0) is 17.9. The summed E-state index contributed by atoms with van der Waals surface area (Å²) in [6.07, 6.45) is 8.37. The number of thioether (sulfide) groups is 1. The summed E-state index contributed by atoms with van der Waals surface area (Å²) in [5.41, 5.74) is 3.38. The van der Waals surface area contributed by atoms with Gasteiger partial charge in [-0.1, -0.05) is 30.0 Å². The summed E-state index contributed by atoms with van der Waals surface area (Å²) in [6, 6.07) is 10.2. The molecule has 1 amide bonds. The molecule has 1 aliphatic rings. The number of hydrogen-bond donors (Lipinski definition) is 1. The molecule has 0 fully saturated rings. The van der Waals surface area contributed by atoms with Crippen molar-refractivity contribution >= 4 is 17.7 Å². The molecule has 2 heterocycles. The number of aryl methyl sites for hydroxylation is 2. The number of fused-ring (bicyclic) bond motifs is 1. The minimum Gasteiger partial charge on any atom is -0.469 e. The van der Waals surface area contributed by atoms with Crippen molar-refractivity contribution in [3.63, 3.8) is 0 Å². The summed E-state index contributed by atoms with van der Waals surface area (Å²) < 4.78 is 7.52. The van der Waals surface area contributed by atoms with Gasteiger partial charge in [0.15, 0.2) is 5.16 Å². The van der Waals surface area contributed by atoms with Crippen LogP contribution < -0.4 is 5.32 Å². The van der Waals surface area contributed by atoms with Crippen LogP contribution in [0.15, 0.2) is 58.6 Å². The Bertz CT molecular complexity index is 915. The van der Waals surface area contributed by atoms with Gasteiger partial charge in [0.25, 0.3) is 0 Å². The Balaban J connectivity index is 1.41. The Morgan fingerprint density at radius 1 is 1.38 bits per heavy atom. The average Bonchev–Trinajstić information content (AvgIpc) is 3.30. The lowest BCUT2D eigenvalue weighted by Gasteiger charge is -2.22. The number of carbonyl (C=O) groups excluding carboxylic acids is 1. The second kappa shape index (κ2) is 7.41. The van der Waals surface area contributed by atoms with Gasteiger partial charge in [-0.3, -0.25) is 9.36 Å². The van der Waals surface area contributed by atoms with E-state index in [9.17, 15) is 4.79 Å². The Labute approximate surface area is 156 Å². The van der Waals surface area contributed by atoms with Gasteiger partial charge in [-0.05, 0) is 37.5 Å². The third-order valence-electron chi connectivity index (χ3n) is 4.70. The number of hydrogen-bond acceptors (Lipinski definition) is 4. The first-order valence-corrected chi connectivity index (χ1v) is 9.78. The van der Waals surface area contributed by atoms with E-state index >= 15 is 0 Å². The van der Waals surface area contributed by atoms with Crippen LogP contribution in [0.4, 0.5) is 0 Å². The summed E-state index contributed by atoms with van der Waals surface area (Å²) >= 11 is 1.45. The highest BCUT2D eigenvalue weighted by molar-refractivity contribution is 7.99. The molecule has 0 aliphatic heterocycles. The molecule has 1 atom stereocenters. The number of nitrogens with one attached hydrogen (secondary N) is 1. The third kappa shape index (κ3) is 3.42. The Morgan fingerprint density at radius 2 is 2.27 bits per heavy atom. The summed E-state index contributed by atoms with van der Waals surface area (Å²) in [5, 5.41) is 3.96. The van der Waals surface area contributed by atoms with Crippen LogP contribution in [0.3, 0.4) is 0 Å². The molecule has 1 aromatic carbocycles. The molecule has 26 heavy (non-hydrogen) atoms. The number of aromatic nitrogens is 2. The maximum Gasteiger partial charge on any atom is 0.230 e. The monoisotopic (exact) mass is 367 g/mol. The van der Waals surface area contributed by atoms with E-state index in [1.165, 1.54) is 17.3 Å². The standard InChI is InChI=1S/C20H21N3O2S/c1-14-5-2-3-7-17(14)23-11-10-21-20(23)26-13-19(24)22-16-6-4-8-18-15(16)9-12-25-18/h2-3,5,7,9-12,16H,4,6,8,13H2,1H3,(H,22,24). The van der Waals surface area contributed by atoms with Crippen molar-refractivity contribution in [3.8, 4) is 5.69 Å². The quantitative estimate of drug-likeness (QED) is 0.691. The molecule has 3 aromatic rings. The molecule has 0 saturated heterocycles. The van der Waals surface area contributed by atoms with Crippen molar-refractivity contribution in [2.24, 2.45) is 0 Å². The second-order valence-electron chi connectivity index (χ2n) is 6.47. The van der Waals surface area contributed by atoms with Gasteiger partial charge in [0.1, 0.15) is 5.76 Å². The van der Waals surface area contributed by atoms with E-state index in [2.05, 4.69) is 29.4 Å². The van der Waals surface area contributed by atoms with Crippen LogP contribution in [-0.2, 0) is 11.2 Å². The largest absolute Gasteiger partial charge is 0.469 e. The fraction of sp³-hybridized carbons (Fsp3) is 0.300. The molecule has 5 nitrogen and oxygen atoms in total. The molecular formula is C20H21N3O2S. The molecule has 4 rings (SSSR count). The van der Waals surface area contributed by atoms with Crippen molar-refractivity contribution in [2.75, 3.05) is 5.75 Å². The van der Waals surface area contributed by atoms with Crippen LogP contribution in [0, 0.1) is 6.92 Å². The molecule has 1 N–H and O–H groups in total. The lowest BCUT2D eigenvalue weighted by molar-refractivity contribution is -0.119. The van der Waals surface area contributed by atoms with Crippen LogP contribution in [-0.4, -0.2) is 21.2 Å². The van der Waals surface area contributed by atoms with Gasteiger partial charge >= 0.3 is 0 Å². The van der Waals surface area contributed by atoms with Gasteiger partial charge < -0.3 is 9.73 Å². The van der Waals surface area contributed by atoms with E-state index in [1.54, 1.807) is 12.5 Å². The minimum atomic E-state index is 0.0217. The third-order valence-corrected chi connectivity index (χ3v) is 5.67. The first kappa shape index (κ1) is 17.0. The van der Waals surface area contributed by atoms with Crippen LogP contribution in [0.1, 0.15) is 35.8 Å². The molecule has 0 saturated carbocycles. The number of carbonyl (C=O) groups is 1. The molecule has 1 aliphatic carbocycles. The summed E-state index contributed by atoms with van der Waals surface area (Å²) in [6.45, 7) is 2.07. The van der Waals surface area contributed by atoms with Gasteiger partial charge in [0, 0.05) is 24.4 Å². The van der Waals surface area contributed by atoms with Crippen molar-refractivity contribution < 1.29 is 9.21 Å². The number of rotatable bonds is 5. The molecule has 2 aromatic heterocycles. The van der Waals surface area contributed by atoms with Crippen molar-refractivity contribution in [1.82, 2.24) is 14.9 Å². The van der Waals surface area contributed by atoms with Gasteiger partial charge in [-0.2, -0.15) is 0 Å². The number of para-hydroxylation sites is 1. The Hall–Kier alpha value is -2.47. The number of benzene rings is 1. The average molecular weight is 367 g/mol. The molecule has 134 valence electrons. The van der Waals surface area contributed by atoms with Crippen LogP contribution in [0.5, 0.6) is 0 Å². The van der Waals surface area contributed by atoms with Crippen LogP contribution in [0.25, 0.3) is 5.69 Å². The van der Waals surface area contributed by atoms with Gasteiger partial charge in [0.05, 0.1) is 23.7 Å². The van der Waals surface area contributed by atoms with Crippen LogP contribution in [0.2, 0.25) is 0 Å². The second-order valence-corrected chi connectivity index (χ2v) is 7.41. The zero-order valence-electron chi connectivity index (χ0n) is 14.6. The van der Waals surface area contributed by atoms with Gasteiger partial charge in [-0.15, -0.1) is 0 Å².